The maximum absolute atomic E-state index is 13.4. The minimum atomic E-state index is -3.63. The van der Waals surface area contributed by atoms with Gasteiger partial charge >= 0.3 is 5.97 Å². The van der Waals surface area contributed by atoms with Gasteiger partial charge in [0.1, 0.15) is 5.82 Å². The molecule has 0 saturated carbocycles. The molecular weight excluding hydrogens is 413 g/mol. The molecule has 1 aromatic carbocycles. The van der Waals surface area contributed by atoms with Gasteiger partial charge in [-0.05, 0) is 37.1 Å². The minimum Gasteiger partial charge on any atom is -0.481 e. The van der Waals surface area contributed by atoms with E-state index in [1.807, 2.05) is 13.8 Å². The monoisotopic (exact) mass is 437 g/mol. The van der Waals surface area contributed by atoms with E-state index in [-0.39, 0.29) is 17.6 Å². The van der Waals surface area contributed by atoms with Gasteiger partial charge in [0.2, 0.25) is 16.0 Å². The Morgan fingerprint density at radius 1 is 1.23 bits per heavy atom. The molecule has 8 nitrogen and oxygen atoms in total. The van der Waals surface area contributed by atoms with Gasteiger partial charge in [-0.15, -0.1) is 0 Å². The Bertz CT molecular complexity index is 1040. The van der Waals surface area contributed by atoms with E-state index in [9.17, 15) is 22.7 Å². The number of rotatable bonds is 9. The number of aliphatic hydroxyl groups excluding tert-OH is 1. The molecule has 1 unspecified atom stereocenters. The van der Waals surface area contributed by atoms with Crippen LogP contribution in [-0.4, -0.2) is 46.4 Å². The fourth-order valence-corrected chi connectivity index (χ4v) is 3.14. The Balaban J connectivity index is 2.68. The van der Waals surface area contributed by atoms with E-state index in [1.165, 1.54) is 43.3 Å². The molecule has 0 fully saturated rings. The molecule has 3 N–H and O–H groups in total. The summed E-state index contributed by atoms with van der Waals surface area (Å²) in [7, 11) is -3.63. The molecule has 0 bridgehead atoms. The number of aliphatic hydroxyl groups is 1. The van der Waals surface area contributed by atoms with Crippen LogP contribution in [0.4, 0.5) is 10.3 Å². The van der Waals surface area contributed by atoms with Crippen molar-refractivity contribution >= 4 is 28.0 Å². The Kier molecular flexibility index (Phi) is 7.63. The highest BCUT2D eigenvalue weighted by atomic mass is 32.2. The molecular formula is C20H24FN3O5S. The maximum Gasteiger partial charge on any atom is 0.306 e. The number of hydrogen-bond acceptors (Lipinski definition) is 6. The SMILES string of the molecule is CCS(=O)(=O)Nc1nc(-c2ccc(F)cc2)c(/C=C/C(O)CC(=O)O)c(C(C)C)n1. The first-order valence-electron chi connectivity index (χ1n) is 9.28. The van der Waals surface area contributed by atoms with Gasteiger partial charge in [-0.2, -0.15) is 0 Å². The first-order valence-corrected chi connectivity index (χ1v) is 10.9. The zero-order valence-electron chi connectivity index (χ0n) is 16.8. The zero-order valence-corrected chi connectivity index (χ0v) is 17.6. The second kappa shape index (κ2) is 9.77. The van der Waals surface area contributed by atoms with Gasteiger partial charge in [0.15, 0.2) is 0 Å². The topological polar surface area (TPSA) is 129 Å². The van der Waals surface area contributed by atoms with Crippen LogP contribution in [0.2, 0.25) is 0 Å². The van der Waals surface area contributed by atoms with Crippen molar-refractivity contribution in [1.29, 1.82) is 0 Å². The van der Waals surface area contributed by atoms with Crippen LogP contribution in [0.3, 0.4) is 0 Å². The fraction of sp³-hybridized carbons (Fsp3) is 0.350. The molecule has 0 amide bonds. The third kappa shape index (κ3) is 6.33. The zero-order chi connectivity index (χ0) is 22.5. The molecule has 2 aromatic rings. The number of hydrogen-bond donors (Lipinski definition) is 3. The van der Waals surface area contributed by atoms with E-state index in [2.05, 4.69) is 14.7 Å². The van der Waals surface area contributed by atoms with Crippen molar-refractivity contribution in [2.45, 2.75) is 39.2 Å². The maximum atomic E-state index is 13.4. The van der Waals surface area contributed by atoms with Gasteiger partial charge in [0, 0.05) is 11.1 Å². The Morgan fingerprint density at radius 3 is 2.40 bits per heavy atom. The van der Waals surface area contributed by atoms with Crippen LogP contribution in [0.5, 0.6) is 0 Å². The van der Waals surface area contributed by atoms with Crippen molar-refractivity contribution in [2.24, 2.45) is 0 Å². The fourth-order valence-electron chi connectivity index (χ4n) is 2.63. The predicted octanol–water partition coefficient (Wildman–Crippen LogP) is 3.02. The predicted molar refractivity (Wildman–Crippen MR) is 112 cm³/mol. The molecule has 0 aliphatic heterocycles. The quantitative estimate of drug-likeness (QED) is 0.550. The molecule has 0 aliphatic carbocycles. The van der Waals surface area contributed by atoms with Gasteiger partial charge < -0.3 is 10.2 Å². The molecule has 1 heterocycles. The van der Waals surface area contributed by atoms with Crippen molar-refractivity contribution in [1.82, 2.24) is 9.97 Å². The summed E-state index contributed by atoms with van der Waals surface area (Å²) in [4.78, 5) is 19.4. The third-order valence-electron chi connectivity index (χ3n) is 4.14. The summed E-state index contributed by atoms with van der Waals surface area (Å²) >= 11 is 0. The Morgan fingerprint density at radius 2 is 1.87 bits per heavy atom. The van der Waals surface area contributed by atoms with Crippen molar-refractivity contribution in [3.8, 4) is 11.3 Å². The summed E-state index contributed by atoms with van der Waals surface area (Å²) in [6.45, 7) is 5.17. The molecule has 1 aromatic heterocycles. The number of benzene rings is 1. The number of carbonyl (C=O) groups is 1. The molecule has 0 spiro atoms. The van der Waals surface area contributed by atoms with Crippen molar-refractivity contribution < 1.29 is 27.8 Å². The molecule has 30 heavy (non-hydrogen) atoms. The van der Waals surface area contributed by atoms with Crippen molar-refractivity contribution in [3.05, 3.63) is 47.4 Å². The van der Waals surface area contributed by atoms with E-state index >= 15 is 0 Å². The van der Waals surface area contributed by atoms with Crippen LogP contribution < -0.4 is 4.72 Å². The highest BCUT2D eigenvalue weighted by molar-refractivity contribution is 7.92. The number of carboxylic acid groups (broad SMARTS) is 1. The minimum absolute atomic E-state index is 0.122. The molecule has 10 heteroatoms. The standard InChI is InChI=1S/C20H24FN3O5S/c1-4-30(28,29)24-20-22-18(12(2)3)16(10-9-15(25)11-17(26)27)19(23-20)13-5-7-14(21)8-6-13/h5-10,12,15,25H,4,11H2,1-3H3,(H,26,27)(H,22,23,24)/b10-9+. The lowest BCUT2D eigenvalue weighted by Crippen LogP contribution is -2.18. The number of carboxylic acids is 1. The number of aromatic nitrogens is 2. The van der Waals surface area contributed by atoms with Gasteiger partial charge in [-0.3, -0.25) is 9.52 Å². The lowest BCUT2D eigenvalue weighted by atomic mass is 9.97. The summed E-state index contributed by atoms with van der Waals surface area (Å²) < 4.78 is 39.7. The van der Waals surface area contributed by atoms with Crippen LogP contribution in [0, 0.1) is 5.82 Å². The average molecular weight is 437 g/mol. The van der Waals surface area contributed by atoms with Crippen molar-refractivity contribution in [2.75, 3.05) is 10.5 Å². The van der Waals surface area contributed by atoms with E-state index in [1.54, 1.807) is 0 Å². The third-order valence-corrected chi connectivity index (χ3v) is 5.39. The summed E-state index contributed by atoms with van der Waals surface area (Å²) in [5.41, 5.74) is 1.78. The van der Waals surface area contributed by atoms with Crippen LogP contribution in [0.15, 0.2) is 30.3 Å². The Hall–Kier alpha value is -2.85. The highest BCUT2D eigenvalue weighted by Gasteiger charge is 2.19. The van der Waals surface area contributed by atoms with E-state index in [0.29, 0.717) is 22.5 Å². The number of nitrogens with zero attached hydrogens (tertiary/aromatic N) is 2. The van der Waals surface area contributed by atoms with Gasteiger partial charge in [0.05, 0.1) is 29.7 Å². The first kappa shape index (κ1) is 23.4. The summed E-state index contributed by atoms with van der Waals surface area (Å²) in [6.07, 6.45) is 1.09. The second-order valence-corrected chi connectivity index (χ2v) is 8.90. The highest BCUT2D eigenvalue weighted by Crippen LogP contribution is 2.30. The number of halogens is 1. The van der Waals surface area contributed by atoms with Crippen LogP contribution >= 0.6 is 0 Å². The van der Waals surface area contributed by atoms with Gasteiger partial charge in [-0.25, -0.2) is 22.8 Å². The van der Waals surface area contributed by atoms with Crippen LogP contribution in [0.1, 0.15) is 44.4 Å². The molecule has 1 atom stereocenters. The summed E-state index contributed by atoms with van der Waals surface area (Å²) in [6, 6.07) is 5.47. The van der Waals surface area contributed by atoms with E-state index in [0.717, 1.165) is 0 Å². The van der Waals surface area contributed by atoms with Crippen LogP contribution in [0.25, 0.3) is 17.3 Å². The normalized spacial score (nSPS) is 13.0. The molecule has 2 rings (SSSR count). The average Bonchev–Trinajstić information content (AvgIpc) is 2.66. The lowest BCUT2D eigenvalue weighted by Gasteiger charge is -2.16. The second-order valence-electron chi connectivity index (χ2n) is 6.89. The lowest BCUT2D eigenvalue weighted by molar-refractivity contribution is -0.138. The van der Waals surface area contributed by atoms with Crippen LogP contribution in [-0.2, 0) is 14.8 Å². The number of nitrogens with one attached hydrogen (secondary N) is 1. The smallest absolute Gasteiger partial charge is 0.306 e. The largest absolute Gasteiger partial charge is 0.481 e. The molecule has 162 valence electrons. The van der Waals surface area contributed by atoms with Gasteiger partial charge in [-0.1, -0.05) is 26.0 Å². The summed E-state index contributed by atoms with van der Waals surface area (Å²) in [5, 5.41) is 18.7. The van der Waals surface area contributed by atoms with E-state index < -0.39 is 34.3 Å². The van der Waals surface area contributed by atoms with Crippen molar-refractivity contribution in [3.63, 3.8) is 0 Å². The molecule has 0 radical (unpaired) electrons. The number of anilines is 1. The Labute approximate surface area is 174 Å². The summed E-state index contributed by atoms with van der Waals surface area (Å²) in [5.74, 6) is -2.05. The first-order chi connectivity index (χ1) is 14.0. The molecule has 0 saturated heterocycles. The van der Waals surface area contributed by atoms with Gasteiger partial charge in [0.25, 0.3) is 0 Å². The number of aliphatic carboxylic acids is 1. The molecule has 0 aliphatic rings. The number of sulfonamides is 1. The van der Waals surface area contributed by atoms with E-state index in [4.69, 9.17) is 5.11 Å².